The Morgan fingerprint density at radius 3 is 2.35 bits per heavy atom. The summed E-state index contributed by atoms with van der Waals surface area (Å²) in [6, 6.07) is 7.75. The Morgan fingerprint density at radius 1 is 1.27 bits per heavy atom. The first-order valence-electron chi connectivity index (χ1n) is 8.16. The Bertz CT molecular complexity index is 640. The molecular weight excluding hydrogens is 353 g/mol. The lowest BCUT2D eigenvalue weighted by Gasteiger charge is -2.32. The van der Waals surface area contributed by atoms with E-state index < -0.39 is 12.1 Å². The number of hydrogen-bond donors (Lipinski definition) is 2. The SMILES string of the molecule is COc1ccc(N2CCC3(CCCNC3)C2=O)cc1.O=C(O)C(F)(F)F. The summed E-state index contributed by atoms with van der Waals surface area (Å²) in [6.45, 7) is 2.70. The number of nitrogens with zero attached hydrogens (tertiary/aromatic N) is 1. The summed E-state index contributed by atoms with van der Waals surface area (Å²) in [6.07, 6.45) is -2.00. The number of carboxylic acid groups (broad SMARTS) is 1. The van der Waals surface area contributed by atoms with Crippen LogP contribution < -0.4 is 15.0 Å². The second-order valence-electron chi connectivity index (χ2n) is 6.27. The van der Waals surface area contributed by atoms with Gasteiger partial charge in [-0.3, -0.25) is 4.79 Å². The molecule has 1 amide bonds. The molecule has 9 heteroatoms. The van der Waals surface area contributed by atoms with Crippen molar-refractivity contribution in [3.63, 3.8) is 0 Å². The summed E-state index contributed by atoms with van der Waals surface area (Å²) in [5.74, 6) is -1.65. The van der Waals surface area contributed by atoms with Crippen LogP contribution in [0.25, 0.3) is 0 Å². The van der Waals surface area contributed by atoms with Crippen molar-refractivity contribution in [2.45, 2.75) is 25.4 Å². The molecule has 3 rings (SSSR count). The second-order valence-corrected chi connectivity index (χ2v) is 6.27. The highest BCUT2D eigenvalue weighted by Gasteiger charge is 2.47. The highest BCUT2D eigenvalue weighted by molar-refractivity contribution is 6.00. The average molecular weight is 374 g/mol. The molecule has 2 heterocycles. The number of halogens is 3. The number of rotatable bonds is 2. The third-order valence-electron chi connectivity index (χ3n) is 4.61. The Morgan fingerprint density at radius 2 is 1.88 bits per heavy atom. The summed E-state index contributed by atoms with van der Waals surface area (Å²) in [5, 5.41) is 10.5. The van der Waals surface area contributed by atoms with Crippen LogP contribution in [0.1, 0.15) is 19.3 Å². The number of carboxylic acids is 1. The maximum absolute atomic E-state index is 12.7. The summed E-state index contributed by atoms with van der Waals surface area (Å²) in [7, 11) is 1.65. The quantitative estimate of drug-likeness (QED) is 0.831. The van der Waals surface area contributed by atoms with Crippen LogP contribution >= 0.6 is 0 Å². The summed E-state index contributed by atoms with van der Waals surface area (Å²) >= 11 is 0. The number of piperidine rings is 1. The molecule has 1 aromatic rings. The van der Waals surface area contributed by atoms with Gasteiger partial charge < -0.3 is 20.1 Å². The van der Waals surface area contributed by atoms with Crippen LogP contribution in [-0.4, -0.2) is 49.9 Å². The van der Waals surface area contributed by atoms with Crippen molar-refractivity contribution in [1.29, 1.82) is 0 Å². The minimum absolute atomic E-state index is 0.155. The maximum Gasteiger partial charge on any atom is 0.490 e. The predicted molar refractivity (Wildman–Crippen MR) is 88.2 cm³/mol. The van der Waals surface area contributed by atoms with Crippen LogP contribution in [0, 0.1) is 5.41 Å². The molecule has 0 aliphatic carbocycles. The number of hydrogen-bond acceptors (Lipinski definition) is 4. The molecule has 0 saturated carbocycles. The first-order valence-corrected chi connectivity index (χ1v) is 8.16. The Balaban J connectivity index is 0.000000298. The number of nitrogens with one attached hydrogen (secondary N) is 1. The van der Waals surface area contributed by atoms with Gasteiger partial charge in [-0.1, -0.05) is 0 Å². The van der Waals surface area contributed by atoms with Gasteiger partial charge in [0.25, 0.3) is 0 Å². The molecule has 26 heavy (non-hydrogen) atoms. The zero-order valence-electron chi connectivity index (χ0n) is 14.3. The van der Waals surface area contributed by atoms with Crippen molar-refractivity contribution in [1.82, 2.24) is 5.32 Å². The molecule has 0 radical (unpaired) electrons. The van der Waals surface area contributed by atoms with Crippen molar-refractivity contribution in [2.24, 2.45) is 5.41 Å². The van der Waals surface area contributed by atoms with E-state index in [1.54, 1.807) is 7.11 Å². The molecule has 2 saturated heterocycles. The van der Waals surface area contributed by atoms with E-state index in [9.17, 15) is 18.0 Å². The third kappa shape index (κ3) is 4.46. The molecule has 2 fully saturated rings. The van der Waals surface area contributed by atoms with E-state index in [4.69, 9.17) is 14.6 Å². The number of carbonyl (C=O) groups is 2. The zero-order valence-corrected chi connectivity index (χ0v) is 14.3. The number of ether oxygens (including phenoxy) is 1. The summed E-state index contributed by atoms with van der Waals surface area (Å²) in [4.78, 5) is 23.5. The van der Waals surface area contributed by atoms with E-state index >= 15 is 0 Å². The van der Waals surface area contributed by atoms with Gasteiger partial charge in [0.1, 0.15) is 5.75 Å². The second kappa shape index (κ2) is 7.94. The average Bonchev–Trinajstić information content (AvgIpc) is 2.92. The molecular formula is C17H21F3N2O4. The molecule has 1 spiro atoms. The minimum atomic E-state index is -5.08. The molecule has 2 aliphatic heterocycles. The van der Waals surface area contributed by atoms with E-state index in [1.807, 2.05) is 29.2 Å². The molecule has 0 aromatic heterocycles. The number of alkyl halides is 3. The minimum Gasteiger partial charge on any atom is -0.497 e. The van der Waals surface area contributed by atoms with Gasteiger partial charge in [0.15, 0.2) is 0 Å². The van der Waals surface area contributed by atoms with Gasteiger partial charge in [-0.25, -0.2) is 4.79 Å². The predicted octanol–water partition coefficient (Wildman–Crippen LogP) is 2.44. The molecule has 1 aromatic carbocycles. The molecule has 2 N–H and O–H groups in total. The van der Waals surface area contributed by atoms with Crippen molar-refractivity contribution in [3.8, 4) is 5.75 Å². The molecule has 2 aliphatic rings. The van der Waals surface area contributed by atoms with E-state index in [0.29, 0.717) is 0 Å². The lowest BCUT2D eigenvalue weighted by atomic mass is 9.79. The van der Waals surface area contributed by atoms with Gasteiger partial charge in [0.05, 0.1) is 12.5 Å². The fourth-order valence-electron chi connectivity index (χ4n) is 3.19. The maximum atomic E-state index is 12.7. The third-order valence-corrected chi connectivity index (χ3v) is 4.61. The largest absolute Gasteiger partial charge is 0.497 e. The van der Waals surface area contributed by atoms with Crippen molar-refractivity contribution >= 4 is 17.6 Å². The fourth-order valence-corrected chi connectivity index (χ4v) is 3.19. The standard InChI is InChI=1S/C15H20N2O2.C2HF3O2/c1-19-13-5-3-12(4-6-13)17-10-8-15(14(17)18)7-2-9-16-11-15;3-2(4,5)1(6)7/h3-6,16H,2,7-11H2,1H3;(H,6,7). The molecule has 1 unspecified atom stereocenters. The van der Waals surface area contributed by atoms with E-state index in [1.165, 1.54) is 0 Å². The normalized spacial score (nSPS) is 22.8. The fraction of sp³-hybridized carbons (Fsp3) is 0.529. The van der Waals surface area contributed by atoms with Crippen LogP contribution in [0.3, 0.4) is 0 Å². The van der Waals surface area contributed by atoms with Crippen LogP contribution in [-0.2, 0) is 9.59 Å². The number of methoxy groups -OCH3 is 1. The zero-order chi connectivity index (χ0) is 19.4. The number of carbonyl (C=O) groups excluding carboxylic acids is 1. The van der Waals surface area contributed by atoms with Gasteiger partial charge in [-0.05, 0) is 50.1 Å². The van der Waals surface area contributed by atoms with E-state index in [-0.39, 0.29) is 11.3 Å². The van der Waals surface area contributed by atoms with Gasteiger partial charge in [0, 0.05) is 18.8 Å². The number of amides is 1. The van der Waals surface area contributed by atoms with Crippen molar-refractivity contribution in [3.05, 3.63) is 24.3 Å². The van der Waals surface area contributed by atoms with Crippen LogP contribution in [0.2, 0.25) is 0 Å². The van der Waals surface area contributed by atoms with Crippen LogP contribution in [0.5, 0.6) is 5.75 Å². The monoisotopic (exact) mass is 374 g/mol. The lowest BCUT2D eigenvalue weighted by molar-refractivity contribution is -0.192. The first-order chi connectivity index (χ1) is 12.2. The molecule has 6 nitrogen and oxygen atoms in total. The molecule has 0 bridgehead atoms. The summed E-state index contributed by atoms with van der Waals surface area (Å²) in [5.41, 5.74) is 0.825. The van der Waals surface area contributed by atoms with Crippen molar-refractivity contribution in [2.75, 3.05) is 31.6 Å². The highest BCUT2D eigenvalue weighted by Crippen LogP contribution is 2.39. The highest BCUT2D eigenvalue weighted by atomic mass is 19.4. The Labute approximate surface area is 148 Å². The lowest BCUT2D eigenvalue weighted by Crippen LogP contribution is -2.45. The smallest absolute Gasteiger partial charge is 0.490 e. The van der Waals surface area contributed by atoms with E-state index in [0.717, 1.165) is 50.3 Å². The number of aliphatic carboxylic acids is 1. The molecule has 1 atom stereocenters. The topological polar surface area (TPSA) is 78.9 Å². The van der Waals surface area contributed by atoms with Crippen LogP contribution in [0.15, 0.2) is 24.3 Å². The molecule has 144 valence electrons. The number of benzene rings is 1. The number of anilines is 1. The Hall–Kier alpha value is -2.29. The van der Waals surface area contributed by atoms with Gasteiger partial charge in [-0.2, -0.15) is 13.2 Å². The van der Waals surface area contributed by atoms with Crippen molar-refractivity contribution < 1.29 is 32.6 Å². The van der Waals surface area contributed by atoms with E-state index in [2.05, 4.69) is 5.32 Å². The Kier molecular flexibility index (Phi) is 6.12. The van der Waals surface area contributed by atoms with Gasteiger partial charge in [-0.15, -0.1) is 0 Å². The first kappa shape index (κ1) is 20.0. The van der Waals surface area contributed by atoms with Gasteiger partial charge >= 0.3 is 12.1 Å². The summed E-state index contributed by atoms with van der Waals surface area (Å²) < 4.78 is 36.9. The van der Waals surface area contributed by atoms with Crippen LogP contribution in [0.4, 0.5) is 18.9 Å². The van der Waals surface area contributed by atoms with Gasteiger partial charge in [0.2, 0.25) is 5.91 Å².